The standard InChI is InChI=1S/C18H14O6/c1-22-14-5-3-2-4-11(14)8-16-18(21)13-7-6-12(9-15(13)24-16)23-10-17(19)20/h2-9H,10H2,1H3,(H,19,20)/p-1/b16-8-. The van der Waals surface area contributed by atoms with Crippen LogP contribution in [0.2, 0.25) is 0 Å². The Kier molecular flexibility index (Phi) is 4.20. The van der Waals surface area contributed by atoms with Crippen LogP contribution in [0.4, 0.5) is 0 Å². The number of rotatable bonds is 5. The predicted octanol–water partition coefficient (Wildman–Crippen LogP) is 1.44. The molecule has 6 heteroatoms. The molecule has 6 nitrogen and oxygen atoms in total. The zero-order chi connectivity index (χ0) is 17.1. The molecule has 0 amide bonds. The second-order valence-electron chi connectivity index (χ2n) is 5.00. The molecule has 0 N–H and O–H groups in total. The molecule has 0 saturated heterocycles. The quantitative estimate of drug-likeness (QED) is 0.773. The first kappa shape index (κ1) is 15.6. The highest BCUT2D eigenvalue weighted by Gasteiger charge is 2.28. The van der Waals surface area contributed by atoms with Crippen LogP contribution in [0.5, 0.6) is 17.2 Å². The third kappa shape index (κ3) is 3.08. The number of carboxylic acids is 1. The molecular formula is C18H13O6-. The van der Waals surface area contributed by atoms with Crippen molar-refractivity contribution in [2.75, 3.05) is 13.7 Å². The molecule has 0 saturated carbocycles. The first-order valence-electron chi connectivity index (χ1n) is 7.12. The first-order valence-corrected chi connectivity index (χ1v) is 7.12. The fourth-order valence-electron chi connectivity index (χ4n) is 2.33. The topological polar surface area (TPSA) is 84.9 Å². The number of hydrogen-bond donors (Lipinski definition) is 0. The van der Waals surface area contributed by atoms with Gasteiger partial charge >= 0.3 is 0 Å². The van der Waals surface area contributed by atoms with E-state index in [-0.39, 0.29) is 17.3 Å². The van der Waals surface area contributed by atoms with Crippen LogP contribution in [0.1, 0.15) is 15.9 Å². The summed E-state index contributed by atoms with van der Waals surface area (Å²) >= 11 is 0. The number of allylic oxidation sites excluding steroid dienone is 1. The summed E-state index contributed by atoms with van der Waals surface area (Å²) in [5.41, 5.74) is 1.10. The van der Waals surface area contributed by atoms with E-state index in [4.69, 9.17) is 14.2 Å². The number of ether oxygens (including phenoxy) is 3. The maximum absolute atomic E-state index is 12.4. The molecule has 0 radical (unpaired) electrons. The highest BCUT2D eigenvalue weighted by Crippen LogP contribution is 2.35. The van der Waals surface area contributed by atoms with Gasteiger partial charge in [-0.2, -0.15) is 0 Å². The highest BCUT2D eigenvalue weighted by molar-refractivity contribution is 6.14. The number of Topliss-reactive ketones (excluding diaryl/α,β-unsaturated/α-hetero) is 1. The minimum atomic E-state index is -1.33. The molecule has 0 atom stereocenters. The van der Waals surface area contributed by atoms with Gasteiger partial charge in [0.2, 0.25) is 5.78 Å². The van der Waals surface area contributed by atoms with Gasteiger partial charge in [-0.15, -0.1) is 0 Å². The van der Waals surface area contributed by atoms with Crippen molar-refractivity contribution in [2.45, 2.75) is 0 Å². The monoisotopic (exact) mass is 325 g/mol. The smallest absolute Gasteiger partial charge is 0.231 e. The van der Waals surface area contributed by atoms with Gasteiger partial charge in [0, 0.05) is 11.6 Å². The van der Waals surface area contributed by atoms with Crippen molar-refractivity contribution < 1.29 is 28.9 Å². The summed E-state index contributed by atoms with van der Waals surface area (Å²) in [6.07, 6.45) is 1.60. The summed E-state index contributed by atoms with van der Waals surface area (Å²) in [6.45, 7) is -0.573. The zero-order valence-corrected chi connectivity index (χ0v) is 12.8. The number of ketones is 1. The SMILES string of the molecule is COc1ccccc1/C=C1\Oc2cc(OCC(=O)[O-])ccc2C1=O. The van der Waals surface area contributed by atoms with Crippen LogP contribution in [-0.2, 0) is 4.79 Å². The molecule has 0 fully saturated rings. The molecule has 2 aromatic carbocycles. The third-order valence-corrected chi connectivity index (χ3v) is 3.42. The zero-order valence-electron chi connectivity index (χ0n) is 12.8. The lowest BCUT2D eigenvalue weighted by molar-refractivity contribution is -0.307. The summed E-state index contributed by atoms with van der Waals surface area (Å²) < 4.78 is 15.9. The number of hydrogen-bond acceptors (Lipinski definition) is 6. The maximum Gasteiger partial charge on any atom is 0.231 e. The lowest BCUT2D eigenvalue weighted by atomic mass is 10.1. The molecule has 2 aromatic rings. The van der Waals surface area contributed by atoms with Gasteiger partial charge in [0.25, 0.3) is 0 Å². The molecule has 3 rings (SSSR count). The van der Waals surface area contributed by atoms with E-state index >= 15 is 0 Å². The number of carbonyl (C=O) groups is 2. The number of benzene rings is 2. The summed E-state index contributed by atoms with van der Waals surface area (Å²) in [5, 5.41) is 10.4. The number of fused-ring (bicyclic) bond motifs is 1. The molecule has 1 aliphatic heterocycles. The van der Waals surface area contributed by atoms with E-state index in [0.717, 1.165) is 0 Å². The van der Waals surface area contributed by atoms with E-state index in [1.54, 1.807) is 25.3 Å². The van der Waals surface area contributed by atoms with Gasteiger partial charge in [0.05, 0.1) is 18.6 Å². The van der Waals surface area contributed by atoms with Crippen molar-refractivity contribution in [3.05, 3.63) is 59.4 Å². The lowest BCUT2D eigenvalue weighted by Gasteiger charge is -2.07. The molecule has 1 aliphatic rings. The fourth-order valence-corrected chi connectivity index (χ4v) is 2.33. The Morgan fingerprint density at radius 3 is 2.79 bits per heavy atom. The molecule has 1 heterocycles. The maximum atomic E-state index is 12.4. The molecule has 122 valence electrons. The van der Waals surface area contributed by atoms with E-state index in [0.29, 0.717) is 22.6 Å². The Hall–Kier alpha value is -3.28. The number of carbonyl (C=O) groups excluding carboxylic acids is 2. The minimum Gasteiger partial charge on any atom is -0.546 e. The van der Waals surface area contributed by atoms with Crippen LogP contribution in [0.3, 0.4) is 0 Å². The molecule has 0 aromatic heterocycles. The van der Waals surface area contributed by atoms with Gasteiger partial charge in [0.1, 0.15) is 23.9 Å². The molecule has 0 spiro atoms. The van der Waals surface area contributed by atoms with Crippen molar-refractivity contribution in [3.8, 4) is 17.2 Å². The minimum absolute atomic E-state index is 0.159. The molecule has 0 bridgehead atoms. The van der Waals surface area contributed by atoms with Crippen LogP contribution in [-0.4, -0.2) is 25.5 Å². The van der Waals surface area contributed by atoms with E-state index in [1.807, 2.05) is 12.1 Å². The van der Waals surface area contributed by atoms with Crippen molar-refractivity contribution in [2.24, 2.45) is 0 Å². The summed E-state index contributed by atoms with van der Waals surface area (Å²) in [6, 6.07) is 11.8. The Labute approximate surface area is 137 Å². The first-order chi connectivity index (χ1) is 11.6. The van der Waals surface area contributed by atoms with Crippen molar-refractivity contribution in [1.29, 1.82) is 0 Å². The van der Waals surface area contributed by atoms with Gasteiger partial charge in [0.15, 0.2) is 5.76 Å². The van der Waals surface area contributed by atoms with Crippen LogP contribution in [0.15, 0.2) is 48.2 Å². The average molecular weight is 325 g/mol. The van der Waals surface area contributed by atoms with Gasteiger partial charge in [-0.1, -0.05) is 18.2 Å². The highest BCUT2D eigenvalue weighted by atomic mass is 16.5. The number of carboxylic acid groups (broad SMARTS) is 1. The van der Waals surface area contributed by atoms with Crippen LogP contribution in [0, 0.1) is 0 Å². The van der Waals surface area contributed by atoms with Crippen LogP contribution >= 0.6 is 0 Å². The number of aliphatic carboxylic acids is 1. The number of methoxy groups -OCH3 is 1. The molecular weight excluding hydrogens is 312 g/mol. The fraction of sp³-hybridized carbons (Fsp3) is 0.111. The van der Waals surface area contributed by atoms with Crippen molar-refractivity contribution in [3.63, 3.8) is 0 Å². The number of para-hydroxylation sites is 1. The van der Waals surface area contributed by atoms with Crippen molar-refractivity contribution in [1.82, 2.24) is 0 Å². The van der Waals surface area contributed by atoms with Gasteiger partial charge in [-0.05, 0) is 24.3 Å². The Bertz CT molecular complexity index is 837. The summed E-state index contributed by atoms with van der Waals surface area (Å²) in [4.78, 5) is 22.8. The molecule has 24 heavy (non-hydrogen) atoms. The second-order valence-corrected chi connectivity index (χ2v) is 5.00. The Morgan fingerprint density at radius 1 is 1.25 bits per heavy atom. The van der Waals surface area contributed by atoms with Crippen LogP contribution < -0.4 is 19.3 Å². The van der Waals surface area contributed by atoms with E-state index < -0.39 is 12.6 Å². The van der Waals surface area contributed by atoms with Gasteiger partial charge in [-0.25, -0.2) is 0 Å². The van der Waals surface area contributed by atoms with Gasteiger partial charge < -0.3 is 24.1 Å². The summed E-state index contributed by atoms with van der Waals surface area (Å²) in [7, 11) is 1.55. The second kappa shape index (κ2) is 6.45. The van der Waals surface area contributed by atoms with E-state index in [9.17, 15) is 14.7 Å². The van der Waals surface area contributed by atoms with E-state index in [1.165, 1.54) is 18.2 Å². The molecule has 0 unspecified atom stereocenters. The lowest BCUT2D eigenvalue weighted by Crippen LogP contribution is -2.28. The van der Waals surface area contributed by atoms with Crippen molar-refractivity contribution >= 4 is 17.8 Å². The largest absolute Gasteiger partial charge is 0.546 e. The Balaban J connectivity index is 1.87. The summed E-state index contributed by atoms with van der Waals surface area (Å²) in [5.74, 6) is -0.213. The molecule has 0 aliphatic carbocycles. The van der Waals surface area contributed by atoms with E-state index in [2.05, 4.69) is 0 Å². The van der Waals surface area contributed by atoms with Gasteiger partial charge in [-0.3, -0.25) is 4.79 Å². The van der Waals surface area contributed by atoms with Crippen LogP contribution in [0.25, 0.3) is 6.08 Å². The predicted molar refractivity (Wildman–Crippen MR) is 82.9 cm³/mol. The third-order valence-electron chi connectivity index (χ3n) is 3.42. The average Bonchev–Trinajstić information content (AvgIpc) is 2.89. The Morgan fingerprint density at radius 2 is 2.04 bits per heavy atom. The normalized spacial score (nSPS) is 14.2.